The quantitative estimate of drug-likeness (QED) is 0.606. The van der Waals surface area contributed by atoms with Crippen LogP contribution in [0.25, 0.3) is 0 Å². The molecule has 1 aromatic rings. The number of aliphatic imine (C=N–C) groups is 1. The Morgan fingerprint density at radius 3 is 2.85 bits per heavy atom. The number of aliphatic carboxylic acids is 1. The van der Waals surface area contributed by atoms with Crippen LogP contribution >= 0.6 is 0 Å². The van der Waals surface area contributed by atoms with E-state index in [2.05, 4.69) is 15.3 Å². The van der Waals surface area contributed by atoms with E-state index in [1.165, 1.54) is 12.8 Å². The summed E-state index contributed by atoms with van der Waals surface area (Å²) in [5.74, 6) is 1.64. The smallest absolute Gasteiger partial charge is 0.303 e. The third-order valence-electron chi connectivity index (χ3n) is 5.36. The molecule has 8 heteroatoms. The topological polar surface area (TPSA) is 103 Å². The summed E-state index contributed by atoms with van der Waals surface area (Å²) in [6.07, 6.45) is 6.71. The van der Waals surface area contributed by atoms with E-state index in [0.717, 1.165) is 43.5 Å². The van der Waals surface area contributed by atoms with E-state index in [1.54, 1.807) is 11.2 Å². The van der Waals surface area contributed by atoms with Gasteiger partial charge in [0.25, 0.3) is 0 Å². The van der Waals surface area contributed by atoms with Gasteiger partial charge in [0.15, 0.2) is 12.0 Å². The van der Waals surface area contributed by atoms with Crippen molar-refractivity contribution in [2.45, 2.75) is 51.2 Å². The molecule has 144 valence electrons. The van der Waals surface area contributed by atoms with Crippen molar-refractivity contribution in [2.75, 3.05) is 19.6 Å². The van der Waals surface area contributed by atoms with E-state index in [-0.39, 0.29) is 6.42 Å². The normalized spacial score (nSPS) is 20.4. The molecule has 1 aromatic heterocycles. The summed E-state index contributed by atoms with van der Waals surface area (Å²) in [5.41, 5.74) is 0.605. The minimum absolute atomic E-state index is 0.150. The van der Waals surface area contributed by atoms with Crippen LogP contribution in [0.2, 0.25) is 0 Å². The first-order valence-electron chi connectivity index (χ1n) is 9.52. The molecule has 0 aliphatic carbocycles. The molecular weight excluding hydrogens is 334 g/mol. The zero-order valence-electron chi connectivity index (χ0n) is 15.4. The van der Waals surface area contributed by atoms with E-state index in [1.807, 2.05) is 11.6 Å². The van der Waals surface area contributed by atoms with Gasteiger partial charge in [0, 0.05) is 26.4 Å². The summed E-state index contributed by atoms with van der Waals surface area (Å²) in [6, 6.07) is 0. The molecule has 2 aliphatic heterocycles. The van der Waals surface area contributed by atoms with Gasteiger partial charge in [-0.2, -0.15) is 0 Å². The van der Waals surface area contributed by atoms with Crippen molar-refractivity contribution in [3.8, 4) is 0 Å². The number of imidazole rings is 1. The molecule has 1 saturated heterocycles. The lowest BCUT2D eigenvalue weighted by atomic mass is 9.93. The van der Waals surface area contributed by atoms with Crippen LogP contribution < -0.4 is 5.32 Å². The molecule has 0 saturated carbocycles. The number of aliphatic hydroxyl groups is 1. The van der Waals surface area contributed by atoms with Crippen molar-refractivity contribution in [3.05, 3.63) is 11.5 Å². The van der Waals surface area contributed by atoms with Crippen LogP contribution in [0.5, 0.6) is 0 Å². The minimum atomic E-state index is -0.814. The van der Waals surface area contributed by atoms with Gasteiger partial charge in [0.1, 0.15) is 11.5 Å². The first-order valence-corrected chi connectivity index (χ1v) is 9.52. The zero-order chi connectivity index (χ0) is 18.5. The van der Waals surface area contributed by atoms with E-state index < -0.39 is 12.2 Å². The van der Waals surface area contributed by atoms with Gasteiger partial charge in [-0.15, -0.1) is 0 Å². The summed E-state index contributed by atoms with van der Waals surface area (Å²) in [6.45, 7) is 2.77. The van der Waals surface area contributed by atoms with Crippen LogP contribution in [0.3, 0.4) is 0 Å². The first kappa shape index (κ1) is 18.8. The largest absolute Gasteiger partial charge is 0.481 e. The number of carboxylic acids is 1. The monoisotopic (exact) mass is 363 g/mol. The number of hydrogen-bond donors (Lipinski definition) is 3. The number of nitrogens with zero attached hydrogens (tertiary/aromatic N) is 4. The van der Waals surface area contributed by atoms with E-state index in [0.29, 0.717) is 25.1 Å². The maximum absolute atomic E-state index is 10.6. The maximum Gasteiger partial charge on any atom is 0.303 e. The van der Waals surface area contributed by atoms with Crippen LogP contribution in [0.15, 0.2) is 4.99 Å². The SMILES string of the molecule is Cn1c(CCC2CCNCC2)nc2c1N=CN(CCCCC(=O)O)C2O. The molecule has 0 aromatic carbocycles. The molecule has 8 nitrogen and oxygen atoms in total. The van der Waals surface area contributed by atoms with Crippen molar-refractivity contribution < 1.29 is 15.0 Å². The number of fused-ring (bicyclic) bond motifs is 1. The average molecular weight is 363 g/mol. The first-order chi connectivity index (χ1) is 12.6. The van der Waals surface area contributed by atoms with Crippen LogP contribution in [0.4, 0.5) is 5.82 Å². The second-order valence-corrected chi connectivity index (χ2v) is 7.23. The van der Waals surface area contributed by atoms with Gasteiger partial charge in [-0.3, -0.25) is 4.79 Å². The predicted molar refractivity (Wildman–Crippen MR) is 98.4 cm³/mol. The fourth-order valence-corrected chi connectivity index (χ4v) is 3.71. The Bertz CT molecular complexity index is 651. The second-order valence-electron chi connectivity index (χ2n) is 7.23. The van der Waals surface area contributed by atoms with Crippen molar-refractivity contribution >= 4 is 18.1 Å². The zero-order valence-corrected chi connectivity index (χ0v) is 15.4. The molecule has 0 radical (unpaired) electrons. The Labute approximate surface area is 153 Å². The number of nitrogens with one attached hydrogen (secondary N) is 1. The van der Waals surface area contributed by atoms with Gasteiger partial charge in [0.05, 0.1) is 6.34 Å². The molecular formula is C18H29N5O3. The lowest BCUT2D eigenvalue weighted by Crippen LogP contribution is -2.31. The highest BCUT2D eigenvalue weighted by atomic mass is 16.4. The van der Waals surface area contributed by atoms with Crippen LogP contribution in [-0.2, 0) is 18.3 Å². The Hall–Kier alpha value is -1.93. The van der Waals surface area contributed by atoms with Crippen molar-refractivity contribution in [1.29, 1.82) is 0 Å². The van der Waals surface area contributed by atoms with E-state index >= 15 is 0 Å². The highest BCUT2D eigenvalue weighted by Crippen LogP contribution is 2.32. The molecule has 0 amide bonds. The number of carboxylic acid groups (broad SMARTS) is 1. The average Bonchev–Trinajstić information content (AvgIpc) is 2.96. The van der Waals surface area contributed by atoms with Crippen molar-refractivity contribution in [1.82, 2.24) is 19.8 Å². The Morgan fingerprint density at radius 1 is 1.35 bits per heavy atom. The molecule has 26 heavy (non-hydrogen) atoms. The highest BCUT2D eigenvalue weighted by Gasteiger charge is 2.28. The lowest BCUT2D eigenvalue weighted by Gasteiger charge is -2.27. The summed E-state index contributed by atoms with van der Waals surface area (Å²) in [7, 11) is 1.95. The Kier molecular flexibility index (Phi) is 6.26. The minimum Gasteiger partial charge on any atom is -0.481 e. The molecule has 3 rings (SSSR count). The number of carbonyl (C=O) groups is 1. The second kappa shape index (κ2) is 8.64. The summed E-state index contributed by atoms with van der Waals surface area (Å²) in [5, 5.41) is 22.7. The number of aliphatic hydroxyl groups excluding tert-OH is 1. The standard InChI is InChI=1S/C18H29N5O3/c1-22-14(6-5-13-7-9-19-10-8-13)21-16-17(22)20-12-23(18(16)26)11-3-2-4-15(24)25/h12-13,18-19,26H,2-11H2,1H3,(H,24,25). The molecule has 0 spiro atoms. The van der Waals surface area contributed by atoms with Crippen molar-refractivity contribution in [3.63, 3.8) is 0 Å². The van der Waals surface area contributed by atoms with Crippen LogP contribution in [0.1, 0.15) is 56.3 Å². The number of rotatable bonds is 8. The highest BCUT2D eigenvalue weighted by molar-refractivity contribution is 5.66. The third kappa shape index (κ3) is 4.42. The fourth-order valence-electron chi connectivity index (χ4n) is 3.71. The Morgan fingerprint density at radius 2 is 2.12 bits per heavy atom. The molecule has 1 atom stereocenters. The van der Waals surface area contributed by atoms with Crippen molar-refractivity contribution in [2.24, 2.45) is 18.0 Å². The lowest BCUT2D eigenvalue weighted by molar-refractivity contribution is -0.137. The molecule has 3 N–H and O–H groups in total. The van der Waals surface area contributed by atoms with Crippen LogP contribution in [-0.4, -0.2) is 56.6 Å². The van der Waals surface area contributed by atoms with E-state index in [9.17, 15) is 9.90 Å². The van der Waals surface area contributed by atoms with Gasteiger partial charge >= 0.3 is 5.97 Å². The van der Waals surface area contributed by atoms with Gasteiger partial charge in [-0.1, -0.05) is 0 Å². The van der Waals surface area contributed by atoms with E-state index in [4.69, 9.17) is 5.11 Å². The van der Waals surface area contributed by atoms with Gasteiger partial charge in [-0.05, 0) is 51.1 Å². The van der Waals surface area contributed by atoms with Gasteiger partial charge < -0.3 is 25.0 Å². The van der Waals surface area contributed by atoms with Crippen LogP contribution in [0, 0.1) is 5.92 Å². The molecule has 1 fully saturated rings. The predicted octanol–water partition coefficient (Wildman–Crippen LogP) is 1.57. The summed E-state index contributed by atoms with van der Waals surface area (Å²) < 4.78 is 1.98. The number of aryl methyl sites for hydroxylation is 1. The summed E-state index contributed by atoms with van der Waals surface area (Å²) >= 11 is 0. The number of unbranched alkanes of at least 4 members (excludes halogenated alkanes) is 1. The number of hydrogen-bond acceptors (Lipinski definition) is 6. The fraction of sp³-hybridized carbons (Fsp3) is 0.722. The molecule has 1 unspecified atom stereocenters. The molecule has 3 heterocycles. The Balaban J connectivity index is 1.58. The number of piperidine rings is 1. The molecule has 2 aliphatic rings. The van der Waals surface area contributed by atoms with Gasteiger partial charge in [0.2, 0.25) is 0 Å². The maximum atomic E-state index is 10.6. The molecule has 0 bridgehead atoms. The summed E-state index contributed by atoms with van der Waals surface area (Å²) in [4.78, 5) is 21.5. The third-order valence-corrected chi connectivity index (χ3v) is 5.36. The number of aromatic nitrogens is 2. The van der Waals surface area contributed by atoms with Gasteiger partial charge in [-0.25, -0.2) is 9.98 Å².